The molecule has 1 heterocycles. The third-order valence-corrected chi connectivity index (χ3v) is 6.33. The molecule has 0 N–H and O–H groups in total. The van der Waals surface area contributed by atoms with Crippen LogP contribution in [0.2, 0.25) is 0 Å². The lowest BCUT2D eigenvalue weighted by molar-refractivity contribution is 0.611. The Morgan fingerprint density at radius 1 is 0.810 bits per heavy atom. The van der Waals surface area contributed by atoms with Gasteiger partial charge in [0.1, 0.15) is 4.21 Å². The zero-order valence-corrected chi connectivity index (χ0v) is 13.3. The summed E-state index contributed by atoms with van der Waals surface area (Å²) in [4.78, 5) is 0.904. The van der Waals surface area contributed by atoms with Crippen molar-refractivity contribution >= 4 is 31.1 Å². The van der Waals surface area contributed by atoms with E-state index in [2.05, 4.69) is 0 Å². The van der Waals surface area contributed by atoms with Gasteiger partial charge in [0.05, 0.1) is 0 Å². The van der Waals surface area contributed by atoms with Crippen molar-refractivity contribution in [3.05, 3.63) is 66.7 Å². The van der Waals surface area contributed by atoms with Crippen molar-refractivity contribution in [2.24, 2.45) is 0 Å². The average Bonchev–Trinajstić information content (AvgIpc) is 2.94. The number of rotatable bonds is 3. The summed E-state index contributed by atoms with van der Waals surface area (Å²) in [7, 11) is 1.77. The topological polar surface area (TPSA) is 34.1 Å². The molecule has 0 saturated heterocycles. The maximum absolute atomic E-state index is 11.6. The van der Waals surface area contributed by atoms with E-state index < -0.39 is 9.05 Å². The third kappa shape index (κ3) is 3.02. The molecule has 0 radical (unpaired) electrons. The predicted molar refractivity (Wildman–Crippen MR) is 88.2 cm³/mol. The molecule has 0 saturated carbocycles. The normalized spacial score (nSPS) is 11.5. The van der Waals surface area contributed by atoms with Crippen LogP contribution in [-0.2, 0) is 9.05 Å². The minimum absolute atomic E-state index is 0.168. The smallest absolute Gasteiger partial charge is 0.206 e. The molecule has 2 aromatic carbocycles. The number of hydrogen-bond donors (Lipinski definition) is 0. The molecule has 1 aromatic heterocycles. The highest BCUT2D eigenvalue weighted by Crippen LogP contribution is 2.41. The first kappa shape index (κ1) is 14.3. The fourth-order valence-electron chi connectivity index (χ4n) is 2.12. The molecule has 0 unspecified atom stereocenters. The monoisotopic (exact) mass is 334 g/mol. The van der Waals surface area contributed by atoms with Crippen LogP contribution in [0, 0.1) is 0 Å². The van der Waals surface area contributed by atoms with E-state index in [1.165, 1.54) is 11.3 Å². The van der Waals surface area contributed by atoms with E-state index in [1.807, 2.05) is 60.7 Å². The molecule has 21 heavy (non-hydrogen) atoms. The van der Waals surface area contributed by atoms with E-state index in [1.54, 1.807) is 6.07 Å². The lowest BCUT2D eigenvalue weighted by Gasteiger charge is -2.03. The van der Waals surface area contributed by atoms with Crippen LogP contribution in [0.4, 0.5) is 0 Å². The van der Waals surface area contributed by atoms with Crippen LogP contribution in [-0.4, -0.2) is 8.42 Å². The first-order chi connectivity index (χ1) is 10.1. The van der Waals surface area contributed by atoms with Crippen LogP contribution in [0.1, 0.15) is 0 Å². The number of hydrogen-bond acceptors (Lipinski definition) is 3. The molecule has 0 atom stereocenters. The van der Waals surface area contributed by atoms with E-state index in [9.17, 15) is 8.42 Å². The summed E-state index contributed by atoms with van der Waals surface area (Å²) in [5, 5.41) is 0. The first-order valence-corrected chi connectivity index (χ1v) is 9.37. The van der Waals surface area contributed by atoms with E-state index >= 15 is 0 Å². The van der Waals surface area contributed by atoms with Crippen molar-refractivity contribution in [2.45, 2.75) is 4.21 Å². The molecule has 0 bridgehead atoms. The second-order valence-corrected chi connectivity index (χ2v) is 8.32. The van der Waals surface area contributed by atoms with Crippen molar-refractivity contribution in [3.8, 4) is 21.6 Å². The SMILES string of the molecule is O=S(=O)(Cl)c1cc(-c2ccccc2)c(-c2ccccc2)s1. The second-order valence-electron chi connectivity index (χ2n) is 4.48. The minimum Gasteiger partial charge on any atom is -0.206 e. The Morgan fingerprint density at radius 2 is 1.33 bits per heavy atom. The Hall–Kier alpha value is -1.62. The van der Waals surface area contributed by atoms with Gasteiger partial charge in [-0.25, -0.2) is 8.42 Å². The van der Waals surface area contributed by atoms with E-state index in [-0.39, 0.29) is 4.21 Å². The number of halogens is 1. The summed E-state index contributed by atoms with van der Waals surface area (Å²) in [5.41, 5.74) is 2.83. The summed E-state index contributed by atoms with van der Waals surface area (Å²) < 4.78 is 23.4. The molecule has 0 spiro atoms. The average molecular weight is 335 g/mol. The van der Waals surface area contributed by atoms with Crippen molar-refractivity contribution in [1.29, 1.82) is 0 Å². The second kappa shape index (κ2) is 5.64. The van der Waals surface area contributed by atoms with Gasteiger partial charge in [0, 0.05) is 21.1 Å². The standard InChI is InChI=1S/C16H11ClO2S2/c17-21(18,19)15-11-14(12-7-3-1-4-8-12)16(20-15)13-9-5-2-6-10-13/h1-11H. The van der Waals surface area contributed by atoms with Crippen LogP contribution in [0.5, 0.6) is 0 Å². The van der Waals surface area contributed by atoms with Gasteiger partial charge in [-0.05, 0) is 17.2 Å². The molecule has 2 nitrogen and oxygen atoms in total. The third-order valence-electron chi connectivity index (χ3n) is 3.07. The highest BCUT2D eigenvalue weighted by Gasteiger charge is 2.19. The van der Waals surface area contributed by atoms with Gasteiger partial charge in [-0.1, -0.05) is 60.7 Å². The molecular weight excluding hydrogens is 324 g/mol. The Bertz CT molecular complexity index is 797. The summed E-state index contributed by atoms with van der Waals surface area (Å²) in [6, 6.07) is 21.1. The number of benzene rings is 2. The molecule has 5 heteroatoms. The van der Waals surface area contributed by atoms with Crippen LogP contribution >= 0.6 is 22.0 Å². The zero-order valence-electron chi connectivity index (χ0n) is 10.9. The van der Waals surface area contributed by atoms with Crippen LogP contribution in [0.15, 0.2) is 70.9 Å². The van der Waals surface area contributed by atoms with Gasteiger partial charge in [-0.15, -0.1) is 11.3 Å². The van der Waals surface area contributed by atoms with Crippen LogP contribution < -0.4 is 0 Å². The molecule has 0 aliphatic carbocycles. The van der Waals surface area contributed by atoms with Gasteiger partial charge in [0.15, 0.2) is 0 Å². The van der Waals surface area contributed by atoms with E-state index in [4.69, 9.17) is 10.7 Å². The predicted octanol–water partition coefficient (Wildman–Crippen LogP) is 5.01. The van der Waals surface area contributed by atoms with Crippen molar-refractivity contribution in [3.63, 3.8) is 0 Å². The highest BCUT2D eigenvalue weighted by molar-refractivity contribution is 8.15. The molecule has 0 aliphatic rings. The Morgan fingerprint density at radius 3 is 1.86 bits per heavy atom. The Kier molecular flexibility index (Phi) is 3.85. The summed E-state index contributed by atoms with van der Waals surface area (Å²) in [6.07, 6.45) is 0. The Labute approximate surface area is 132 Å². The lowest BCUT2D eigenvalue weighted by Crippen LogP contribution is -1.83. The highest BCUT2D eigenvalue weighted by atomic mass is 35.7. The van der Waals surface area contributed by atoms with Gasteiger partial charge in [-0.2, -0.15) is 0 Å². The fourth-order valence-corrected chi connectivity index (χ4v) is 4.37. The van der Waals surface area contributed by atoms with Crippen molar-refractivity contribution < 1.29 is 8.42 Å². The van der Waals surface area contributed by atoms with Gasteiger partial charge in [-0.3, -0.25) is 0 Å². The van der Waals surface area contributed by atoms with Crippen LogP contribution in [0.25, 0.3) is 21.6 Å². The summed E-state index contributed by atoms with van der Waals surface area (Å²) in [5.74, 6) is 0. The quantitative estimate of drug-likeness (QED) is 0.631. The zero-order chi connectivity index (χ0) is 14.9. The van der Waals surface area contributed by atoms with Gasteiger partial charge >= 0.3 is 0 Å². The first-order valence-electron chi connectivity index (χ1n) is 6.25. The van der Waals surface area contributed by atoms with Crippen LogP contribution in [0.3, 0.4) is 0 Å². The maximum atomic E-state index is 11.6. The fraction of sp³-hybridized carbons (Fsp3) is 0. The summed E-state index contributed by atoms with van der Waals surface area (Å²) in [6.45, 7) is 0. The molecular formula is C16H11ClO2S2. The molecule has 0 amide bonds. The maximum Gasteiger partial charge on any atom is 0.270 e. The summed E-state index contributed by atoms with van der Waals surface area (Å²) >= 11 is 1.19. The molecule has 3 aromatic rings. The van der Waals surface area contributed by atoms with Crippen molar-refractivity contribution in [1.82, 2.24) is 0 Å². The van der Waals surface area contributed by atoms with E-state index in [0.29, 0.717) is 0 Å². The lowest BCUT2D eigenvalue weighted by atomic mass is 10.0. The minimum atomic E-state index is -3.73. The largest absolute Gasteiger partial charge is 0.270 e. The van der Waals surface area contributed by atoms with Gasteiger partial charge < -0.3 is 0 Å². The molecule has 0 fully saturated rings. The van der Waals surface area contributed by atoms with Gasteiger partial charge in [0.25, 0.3) is 9.05 Å². The molecule has 106 valence electrons. The Balaban J connectivity index is 2.25. The van der Waals surface area contributed by atoms with Crippen molar-refractivity contribution in [2.75, 3.05) is 0 Å². The van der Waals surface area contributed by atoms with Gasteiger partial charge in [0.2, 0.25) is 0 Å². The molecule has 3 rings (SSSR count). The molecule has 0 aliphatic heterocycles. The van der Waals surface area contributed by atoms with E-state index in [0.717, 1.165) is 21.6 Å². The number of thiophene rings is 1.